The van der Waals surface area contributed by atoms with Gasteiger partial charge < -0.3 is 0 Å². The Morgan fingerprint density at radius 3 is 2.32 bits per heavy atom. The first-order valence-corrected chi connectivity index (χ1v) is 7.55. The largest absolute Gasteiger partial charge is 0.416 e. The number of halogens is 3. The minimum Gasteiger partial charge on any atom is -0.287 e. The Morgan fingerprint density at radius 1 is 0.960 bits per heavy atom. The van der Waals surface area contributed by atoms with Crippen molar-refractivity contribution in [2.75, 3.05) is 0 Å². The summed E-state index contributed by atoms with van der Waals surface area (Å²) in [6.45, 7) is 0.0120. The van der Waals surface area contributed by atoms with E-state index in [-0.39, 0.29) is 17.9 Å². The number of benzene rings is 1. The Balaban J connectivity index is 1.85. The van der Waals surface area contributed by atoms with Crippen LogP contribution in [0.1, 0.15) is 15.9 Å². The van der Waals surface area contributed by atoms with E-state index in [0.29, 0.717) is 5.69 Å². The molecular formula is C19H14F3N2O+. The first kappa shape index (κ1) is 16.8. The van der Waals surface area contributed by atoms with Gasteiger partial charge in [0.2, 0.25) is 18.0 Å². The van der Waals surface area contributed by atoms with Crippen molar-refractivity contribution in [2.24, 2.45) is 0 Å². The number of pyridine rings is 2. The lowest BCUT2D eigenvalue weighted by molar-refractivity contribution is -0.672. The third-order valence-electron chi connectivity index (χ3n) is 3.72. The minimum atomic E-state index is -4.41. The molecule has 3 rings (SSSR count). The van der Waals surface area contributed by atoms with E-state index in [9.17, 15) is 18.0 Å². The predicted molar refractivity (Wildman–Crippen MR) is 85.6 cm³/mol. The Kier molecular flexibility index (Phi) is 4.61. The number of rotatable bonds is 4. The standard InChI is InChI=1S/C19H14F3N2O/c20-19(21,22)15-9-7-14(8-10-15)18(25)13-24-12-4-2-6-17(24)16-5-1-3-11-23-16/h1-12H,13H2/q+1. The van der Waals surface area contributed by atoms with Gasteiger partial charge in [0.15, 0.2) is 6.20 Å². The van der Waals surface area contributed by atoms with Gasteiger partial charge in [0.1, 0.15) is 5.69 Å². The van der Waals surface area contributed by atoms with Gasteiger partial charge in [0, 0.05) is 23.9 Å². The van der Waals surface area contributed by atoms with Crippen molar-refractivity contribution in [1.82, 2.24) is 4.98 Å². The second kappa shape index (κ2) is 6.84. The van der Waals surface area contributed by atoms with Crippen LogP contribution < -0.4 is 4.57 Å². The number of hydrogen-bond donors (Lipinski definition) is 0. The van der Waals surface area contributed by atoms with E-state index in [0.717, 1.165) is 17.8 Å². The molecule has 25 heavy (non-hydrogen) atoms. The molecule has 0 aliphatic heterocycles. The average molecular weight is 343 g/mol. The molecule has 0 N–H and O–H groups in total. The van der Waals surface area contributed by atoms with Crippen molar-refractivity contribution in [3.8, 4) is 11.4 Å². The molecule has 0 amide bonds. The molecule has 0 atom stereocenters. The molecule has 126 valence electrons. The Morgan fingerprint density at radius 2 is 1.68 bits per heavy atom. The van der Waals surface area contributed by atoms with Crippen LogP contribution in [0.3, 0.4) is 0 Å². The van der Waals surface area contributed by atoms with Crippen molar-refractivity contribution < 1.29 is 22.5 Å². The number of alkyl halides is 3. The van der Waals surface area contributed by atoms with Gasteiger partial charge >= 0.3 is 6.18 Å². The third kappa shape index (κ3) is 3.91. The van der Waals surface area contributed by atoms with Crippen LogP contribution in [0.25, 0.3) is 11.4 Å². The lowest BCUT2D eigenvalue weighted by atomic mass is 10.1. The van der Waals surface area contributed by atoms with E-state index in [1.165, 1.54) is 12.1 Å². The van der Waals surface area contributed by atoms with Crippen LogP contribution in [-0.2, 0) is 12.7 Å². The van der Waals surface area contributed by atoms with Crippen molar-refractivity contribution in [3.05, 3.63) is 84.2 Å². The number of carbonyl (C=O) groups is 1. The van der Waals surface area contributed by atoms with E-state index >= 15 is 0 Å². The first-order chi connectivity index (χ1) is 11.9. The first-order valence-electron chi connectivity index (χ1n) is 7.55. The Labute approximate surface area is 142 Å². The fourth-order valence-electron chi connectivity index (χ4n) is 2.45. The van der Waals surface area contributed by atoms with Crippen LogP contribution in [0, 0.1) is 0 Å². The van der Waals surface area contributed by atoms with Gasteiger partial charge in [0.25, 0.3) is 0 Å². The monoisotopic (exact) mass is 343 g/mol. The molecule has 0 saturated carbocycles. The molecule has 2 aromatic heterocycles. The summed E-state index contributed by atoms with van der Waals surface area (Å²) >= 11 is 0. The summed E-state index contributed by atoms with van der Waals surface area (Å²) in [6, 6.07) is 15.2. The number of aromatic nitrogens is 2. The zero-order chi connectivity index (χ0) is 17.9. The number of nitrogens with zero attached hydrogens (tertiary/aromatic N) is 2. The van der Waals surface area contributed by atoms with Crippen molar-refractivity contribution in [3.63, 3.8) is 0 Å². The number of carbonyl (C=O) groups excluding carboxylic acids is 1. The number of Topliss-reactive ketones (excluding diaryl/α,β-unsaturated/α-hetero) is 1. The highest BCUT2D eigenvalue weighted by atomic mass is 19.4. The van der Waals surface area contributed by atoms with Crippen molar-refractivity contribution >= 4 is 5.78 Å². The van der Waals surface area contributed by atoms with E-state index in [1.54, 1.807) is 29.1 Å². The average Bonchev–Trinajstić information content (AvgIpc) is 2.62. The molecule has 3 aromatic rings. The minimum absolute atomic E-state index is 0.0120. The van der Waals surface area contributed by atoms with E-state index < -0.39 is 11.7 Å². The Bertz CT molecular complexity index is 875. The highest BCUT2D eigenvalue weighted by Crippen LogP contribution is 2.29. The summed E-state index contributed by atoms with van der Waals surface area (Å²) in [4.78, 5) is 16.7. The summed E-state index contributed by atoms with van der Waals surface area (Å²) in [5.74, 6) is -0.276. The SMILES string of the molecule is O=C(C[n+]1ccccc1-c1ccccn1)c1ccc(C(F)(F)F)cc1. The molecule has 3 nitrogen and oxygen atoms in total. The van der Waals surface area contributed by atoms with Gasteiger partial charge in [-0.3, -0.25) is 4.79 Å². The quantitative estimate of drug-likeness (QED) is 0.531. The molecule has 0 saturated heterocycles. The summed E-state index contributed by atoms with van der Waals surface area (Å²) in [5, 5.41) is 0. The van der Waals surface area contributed by atoms with E-state index in [4.69, 9.17) is 0 Å². The predicted octanol–water partition coefficient (Wildman–Crippen LogP) is 3.94. The van der Waals surface area contributed by atoms with E-state index in [2.05, 4.69) is 4.98 Å². The zero-order valence-corrected chi connectivity index (χ0v) is 13.1. The van der Waals surface area contributed by atoms with Crippen LogP contribution in [0.4, 0.5) is 13.2 Å². The van der Waals surface area contributed by atoms with Crippen molar-refractivity contribution in [2.45, 2.75) is 12.7 Å². The van der Waals surface area contributed by atoms with Gasteiger partial charge in [-0.2, -0.15) is 17.7 Å². The van der Waals surface area contributed by atoms with Crippen LogP contribution in [0.5, 0.6) is 0 Å². The van der Waals surface area contributed by atoms with Gasteiger partial charge in [-0.05, 0) is 30.3 Å². The lowest BCUT2D eigenvalue weighted by Crippen LogP contribution is -2.39. The second-order valence-corrected chi connectivity index (χ2v) is 5.43. The maximum absolute atomic E-state index is 12.6. The van der Waals surface area contributed by atoms with Crippen LogP contribution >= 0.6 is 0 Å². The molecule has 2 heterocycles. The topological polar surface area (TPSA) is 33.8 Å². The highest BCUT2D eigenvalue weighted by molar-refractivity contribution is 5.95. The molecule has 0 spiro atoms. The molecule has 0 aliphatic rings. The normalized spacial score (nSPS) is 11.3. The molecular weight excluding hydrogens is 329 g/mol. The van der Waals surface area contributed by atoms with Crippen LogP contribution in [-0.4, -0.2) is 10.8 Å². The van der Waals surface area contributed by atoms with Gasteiger partial charge in [-0.1, -0.05) is 18.2 Å². The molecule has 0 aliphatic carbocycles. The molecule has 6 heteroatoms. The van der Waals surface area contributed by atoms with E-state index in [1.807, 2.05) is 24.3 Å². The highest BCUT2D eigenvalue weighted by Gasteiger charge is 2.30. The zero-order valence-electron chi connectivity index (χ0n) is 13.1. The number of ketones is 1. The Hall–Kier alpha value is -3.02. The summed E-state index contributed by atoms with van der Waals surface area (Å²) in [7, 11) is 0. The molecule has 0 fully saturated rings. The summed E-state index contributed by atoms with van der Waals surface area (Å²) in [6.07, 6.45) is -1.02. The summed E-state index contributed by atoms with van der Waals surface area (Å²) in [5.41, 5.74) is 0.925. The molecule has 0 radical (unpaired) electrons. The lowest BCUT2D eigenvalue weighted by Gasteiger charge is -2.07. The maximum Gasteiger partial charge on any atom is 0.416 e. The van der Waals surface area contributed by atoms with Gasteiger partial charge in [-0.25, -0.2) is 4.98 Å². The second-order valence-electron chi connectivity index (χ2n) is 5.43. The molecule has 1 aromatic carbocycles. The van der Waals surface area contributed by atoms with Crippen LogP contribution in [0.15, 0.2) is 73.1 Å². The fourth-order valence-corrected chi connectivity index (χ4v) is 2.45. The fraction of sp³-hybridized carbons (Fsp3) is 0.105. The molecule has 0 unspecified atom stereocenters. The smallest absolute Gasteiger partial charge is 0.287 e. The summed E-state index contributed by atoms with van der Waals surface area (Å²) < 4.78 is 39.6. The van der Waals surface area contributed by atoms with Crippen LogP contribution in [0.2, 0.25) is 0 Å². The molecule has 0 bridgehead atoms. The van der Waals surface area contributed by atoms with Crippen molar-refractivity contribution in [1.29, 1.82) is 0 Å². The van der Waals surface area contributed by atoms with Gasteiger partial charge in [-0.15, -0.1) is 0 Å². The number of hydrogen-bond acceptors (Lipinski definition) is 2. The maximum atomic E-state index is 12.6. The third-order valence-corrected chi connectivity index (χ3v) is 3.72. The van der Waals surface area contributed by atoms with Gasteiger partial charge in [0.05, 0.1) is 5.56 Å².